The Kier molecular flexibility index (Phi) is 8.59. The molecule has 1 aliphatic carbocycles. The zero-order valence-electron chi connectivity index (χ0n) is 12.3. The molecule has 0 spiro atoms. The second-order valence-electron chi connectivity index (χ2n) is 4.88. The van der Waals surface area contributed by atoms with Gasteiger partial charge in [0, 0.05) is 38.4 Å². The number of ether oxygens (including phenoxy) is 2. The zero-order chi connectivity index (χ0) is 13.2. The van der Waals surface area contributed by atoms with Gasteiger partial charge in [0.05, 0.1) is 13.2 Å². The van der Waals surface area contributed by atoms with E-state index in [1.54, 1.807) is 0 Å². The highest BCUT2D eigenvalue weighted by Crippen LogP contribution is 2.23. The first kappa shape index (κ1) is 15.9. The molecule has 0 aliphatic heterocycles. The summed E-state index contributed by atoms with van der Waals surface area (Å²) < 4.78 is 11.0. The van der Waals surface area contributed by atoms with Gasteiger partial charge in [-0.1, -0.05) is 0 Å². The molecule has 0 aromatic heterocycles. The topological polar surface area (TPSA) is 33.7 Å². The Bertz CT molecular complexity index is 192. The van der Waals surface area contributed by atoms with Crippen molar-refractivity contribution in [3.05, 3.63) is 0 Å². The molecule has 1 N–H and O–H groups in total. The smallest absolute Gasteiger partial charge is 0.0593 e. The van der Waals surface area contributed by atoms with Crippen LogP contribution in [0.15, 0.2) is 0 Å². The molecule has 0 aromatic carbocycles. The molecule has 0 saturated heterocycles. The van der Waals surface area contributed by atoms with Crippen molar-refractivity contribution in [1.29, 1.82) is 0 Å². The number of hydrogen-bond donors (Lipinski definition) is 1. The van der Waals surface area contributed by atoms with Crippen LogP contribution in [0, 0.1) is 0 Å². The van der Waals surface area contributed by atoms with E-state index in [0.717, 1.165) is 39.5 Å². The molecule has 1 fully saturated rings. The van der Waals surface area contributed by atoms with E-state index < -0.39 is 0 Å². The van der Waals surface area contributed by atoms with Crippen LogP contribution in [0.5, 0.6) is 0 Å². The Morgan fingerprint density at radius 3 is 2.11 bits per heavy atom. The normalized spacial score (nSPS) is 24.0. The van der Waals surface area contributed by atoms with Gasteiger partial charge in [-0.25, -0.2) is 0 Å². The maximum absolute atomic E-state index is 5.48. The minimum Gasteiger partial charge on any atom is -0.380 e. The van der Waals surface area contributed by atoms with Crippen molar-refractivity contribution in [3.63, 3.8) is 0 Å². The SMILES string of the molecule is CCOCCN(CCOCC)C1CCC(NC)C1. The van der Waals surface area contributed by atoms with Crippen molar-refractivity contribution in [1.82, 2.24) is 10.2 Å². The van der Waals surface area contributed by atoms with E-state index in [2.05, 4.69) is 31.1 Å². The van der Waals surface area contributed by atoms with Crippen LogP contribution in [0.1, 0.15) is 33.1 Å². The number of nitrogens with zero attached hydrogens (tertiary/aromatic N) is 1. The first-order valence-electron chi connectivity index (χ1n) is 7.38. The summed E-state index contributed by atoms with van der Waals surface area (Å²) in [5.74, 6) is 0. The van der Waals surface area contributed by atoms with Gasteiger partial charge in [0.1, 0.15) is 0 Å². The Morgan fingerprint density at radius 1 is 1.06 bits per heavy atom. The van der Waals surface area contributed by atoms with Gasteiger partial charge in [0.15, 0.2) is 0 Å². The van der Waals surface area contributed by atoms with Gasteiger partial charge >= 0.3 is 0 Å². The molecule has 18 heavy (non-hydrogen) atoms. The summed E-state index contributed by atoms with van der Waals surface area (Å²) in [4.78, 5) is 2.54. The summed E-state index contributed by atoms with van der Waals surface area (Å²) >= 11 is 0. The summed E-state index contributed by atoms with van der Waals surface area (Å²) in [7, 11) is 2.07. The van der Waals surface area contributed by atoms with E-state index >= 15 is 0 Å². The van der Waals surface area contributed by atoms with Gasteiger partial charge in [0.25, 0.3) is 0 Å². The van der Waals surface area contributed by atoms with Crippen molar-refractivity contribution in [2.24, 2.45) is 0 Å². The van der Waals surface area contributed by atoms with Gasteiger partial charge in [-0.15, -0.1) is 0 Å². The van der Waals surface area contributed by atoms with E-state index in [9.17, 15) is 0 Å². The maximum Gasteiger partial charge on any atom is 0.0593 e. The zero-order valence-corrected chi connectivity index (χ0v) is 12.3. The highest BCUT2D eigenvalue weighted by molar-refractivity contribution is 4.86. The van der Waals surface area contributed by atoms with Crippen LogP contribution in [0.25, 0.3) is 0 Å². The van der Waals surface area contributed by atoms with Crippen LogP contribution in [0.4, 0.5) is 0 Å². The molecule has 0 aromatic rings. The lowest BCUT2D eigenvalue weighted by Crippen LogP contribution is -2.39. The largest absolute Gasteiger partial charge is 0.380 e. The summed E-state index contributed by atoms with van der Waals surface area (Å²) in [6.07, 6.45) is 3.85. The fraction of sp³-hybridized carbons (Fsp3) is 1.00. The van der Waals surface area contributed by atoms with Gasteiger partial charge in [-0.2, -0.15) is 0 Å². The fourth-order valence-electron chi connectivity index (χ4n) is 2.68. The monoisotopic (exact) mass is 258 g/mol. The highest BCUT2D eigenvalue weighted by atomic mass is 16.5. The van der Waals surface area contributed by atoms with Crippen molar-refractivity contribution >= 4 is 0 Å². The third-order valence-electron chi connectivity index (χ3n) is 3.78. The van der Waals surface area contributed by atoms with Crippen LogP contribution in [-0.2, 0) is 9.47 Å². The summed E-state index contributed by atoms with van der Waals surface area (Å²) in [5.41, 5.74) is 0. The molecule has 4 heteroatoms. The molecule has 4 nitrogen and oxygen atoms in total. The molecule has 0 amide bonds. The summed E-state index contributed by atoms with van der Waals surface area (Å²) in [6.45, 7) is 9.46. The fourth-order valence-corrected chi connectivity index (χ4v) is 2.68. The lowest BCUT2D eigenvalue weighted by molar-refractivity contribution is 0.0634. The first-order valence-corrected chi connectivity index (χ1v) is 7.38. The second kappa shape index (κ2) is 9.73. The molecule has 108 valence electrons. The van der Waals surface area contributed by atoms with E-state index in [4.69, 9.17) is 9.47 Å². The minimum absolute atomic E-state index is 0.691. The molecular weight excluding hydrogens is 228 g/mol. The van der Waals surface area contributed by atoms with Gasteiger partial charge < -0.3 is 14.8 Å². The van der Waals surface area contributed by atoms with Crippen molar-refractivity contribution in [2.75, 3.05) is 46.6 Å². The number of rotatable bonds is 10. The average molecular weight is 258 g/mol. The summed E-state index contributed by atoms with van der Waals surface area (Å²) in [5, 5.41) is 3.39. The van der Waals surface area contributed by atoms with E-state index in [0.29, 0.717) is 12.1 Å². The van der Waals surface area contributed by atoms with Crippen molar-refractivity contribution < 1.29 is 9.47 Å². The standard InChI is InChI=1S/C14H30N2O2/c1-4-17-10-8-16(9-11-18-5-2)14-7-6-13(12-14)15-3/h13-15H,4-12H2,1-3H3. The van der Waals surface area contributed by atoms with Crippen LogP contribution in [-0.4, -0.2) is 63.5 Å². The van der Waals surface area contributed by atoms with Crippen LogP contribution >= 0.6 is 0 Å². The Labute approximate surface area is 112 Å². The molecule has 2 unspecified atom stereocenters. The predicted molar refractivity (Wildman–Crippen MR) is 75.0 cm³/mol. The molecule has 1 rings (SSSR count). The molecule has 2 atom stereocenters. The predicted octanol–water partition coefficient (Wildman–Crippen LogP) is 1.50. The minimum atomic E-state index is 0.691. The van der Waals surface area contributed by atoms with Gasteiger partial charge in [0.2, 0.25) is 0 Å². The Hall–Kier alpha value is -0.160. The lowest BCUT2D eigenvalue weighted by Gasteiger charge is -2.28. The Balaban J connectivity index is 2.33. The van der Waals surface area contributed by atoms with Crippen molar-refractivity contribution in [3.8, 4) is 0 Å². The quantitative estimate of drug-likeness (QED) is 0.602. The number of nitrogens with one attached hydrogen (secondary N) is 1. The van der Waals surface area contributed by atoms with Crippen LogP contribution < -0.4 is 5.32 Å². The second-order valence-corrected chi connectivity index (χ2v) is 4.88. The third kappa shape index (κ3) is 5.65. The third-order valence-corrected chi connectivity index (χ3v) is 3.78. The van der Waals surface area contributed by atoms with Crippen molar-refractivity contribution in [2.45, 2.75) is 45.2 Å². The molecule has 0 bridgehead atoms. The van der Waals surface area contributed by atoms with E-state index in [1.165, 1.54) is 19.3 Å². The maximum atomic E-state index is 5.48. The molecule has 0 radical (unpaired) electrons. The molecule has 0 heterocycles. The highest BCUT2D eigenvalue weighted by Gasteiger charge is 2.27. The molecular formula is C14H30N2O2. The Morgan fingerprint density at radius 2 is 1.67 bits per heavy atom. The average Bonchev–Trinajstić information content (AvgIpc) is 2.86. The number of hydrogen-bond acceptors (Lipinski definition) is 4. The first-order chi connectivity index (χ1) is 8.81. The van der Waals surface area contributed by atoms with E-state index in [-0.39, 0.29) is 0 Å². The molecule has 1 aliphatic rings. The van der Waals surface area contributed by atoms with Gasteiger partial charge in [-0.3, -0.25) is 4.90 Å². The van der Waals surface area contributed by atoms with Crippen LogP contribution in [0.2, 0.25) is 0 Å². The van der Waals surface area contributed by atoms with Gasteiger partial charge in [-0.05, 0) is 40.2 Å². The molecule has 1 saturated carbocycles. The lowest BCUT2D eigenvalue weighted by atomic mass is 10.2. The van der Waals surface area contributed by atoms with Crippen LogP contribution in [0.3, 0.4) is 0 Å². The van der Waals surface area contributed by atoms with E-state index in [1.807, 2.05) is 0 Å². The summed E-state index contributed by atoms with van der Waals surface area (Å²) in [6, 6.07) is 1.39.